The molecule has 0 bridgehead atoms. The Labute approximate surface area is 117 Å². The molecule has 0 aliphatic heterocycles. The Balaban J connectivity index is 2.45. The number of carboxylic acids is 1. The van der Waals surface area contributed by atoms with E-state index in [0.717, 1.165) is 5.56 Å². The van der Waals surface area contributed by atoms with E-state index in [1.54, 1.807) is 6.08 Å². The van der Waals surface area contributed by atoms with Gasteiger partial charge in [0.2, 0.25) is 0 Å². The van der Waals surface area contributed by atoms with Gasteiger partial charge < -0.3 is 9.84 Å². The smallest absolute Gasteiger partial charge is 0.342 e. The molecule has 0 unspecified atom stereocenters. The largest absolute Gasteiger partial charge is 0.478 e. The van der Waals surface area contributed by atoms with Crippen LogP contribution in [-0.2, 0) is 20.7 Å². The summed E-state index contributed by atoms with van der Waals surface area (Å²) >= 11 is 0. The fourth-order valence-electron chi connectivity index (χ4n) is 1.37. The summed E-state index contributed by atoms with van der Waals surface area (Å²) in [5.41, 5.74) is 1.12. The third kappa shape index (κ3) is 5.35. The molecule has 1 aromatic rings. The SMILES string of the molecule is C=C(C=C(C)C(=O)O)C(=O)OC=CCc1ccccc1. The highest BCUT2D eigenvalue weighted by atomic mass is 16.5. The van der Waals surface area contributed by atoms with Gasteiger partial charge in [-0.05, 0) is 31.1 Å². The first-order valence-corrected chi connectivity index (χ1v) is 6.01. The Morgan fingerprint density at radius 1 is 1.30 bits per heavy atom. The van der Waals surface area contributed by atoms with Crippen molar-refractivity contribution in [2.24, 2.45) is 0 Å². The third-order valence-corrected chi connectivity index (χ3v) is 2.46. The fraction of sp³-hybridized carbons (Fsp3) is 0.125. The van der Waals surface area contributed by atoms with Gasteiger partial charge in [-0.15, -0.1) is 0 Å². The van der Waals surface area contributed by atoms with Crippen molar-refractivity contribution in [2.45, 2.75) is 13.3 Å². The standard InChI is InChI=1S/C16H16O4/c1-12(15(17)18)11-13(2)16(19)20-10-6-9-14-7-4-3-5-8-14/h3-8,10-11H,2,9H2,1H3,(H,17,18). The Hall–Kier alpha value is -2.62. The average Bonchev–Trinajstić information content (AvgIpc) is 2.44. The van der Waals surface area contributed by atoms with Crippen LogP contribution in [0.1, 0.15) is 12.5 Å². The molecule has 0 spiro atoms. The molecule has 1 aromatic carbocycles. The summed E-state index contributed by atoms with van der Waals surface area (Å²) in [5.74, 6) is -1.77. The van der Waals surface area contributed by atoms with E-state index in [1.807, 2.05) is 30.3 Å². The van der Waals surface area contributed by atoms with Gasteiger partial charge in [0.15, 0.2) is 0 Å². The van der Waals surface area contributed by atoms with Crippen LogP contribution in [0.2, 0.25) is 0 Å². The summed E-state index contributed by atoms with van der Waals surface area (Å²) in [4.78, 5) is 22.1. The molecule has 0 heterocycles. The Kier molecular flexibility index (Phi) is 5.97. The zero-order valence-electron chi connectivity index (χ0n) is 11.2. The molecule has 0 aliphatic rings. The van der Waals surface area contributed by atoms with Gasteiger partial charge in [0.05, 0.1) is 11.8 Å². The van der Waals surface area contributed by atoms with Crippen LogP contribution in [0.15, 0.2) is 66.5 Å². The molecule has 4 heteroatoms. The lowest BCUT2D eigenvalue weighted by atomic mass is 10.1. The molecule has 20 heavy (non-hydrogen) atoms. The quantitative estimate of drug-likeness (QED) is 0.374. The summed E-state index contributed by atoms with van der Waals surface area (Å²) in [6.45, 7) is 4.85. The van der Waals surface area contributed by atoms with Crippen molar-refractivity contribution in [3.63, 3.8) is 0 Å². The van der Waals surface area contributed by atoms with E-state index in [9.17, 15) is 9.59 Å². The van der Waals surface area contributed by atoms with Gasteiger partial charge in [0.25, 0.3) is 0 Å². The van der Waals surface area contributed by atoms with Crippen molar-refractivity contribution in [2.75, 3.05) is 0 Å². The van der Waals surface area contributed by atoms with Crippen molar-refractivity contribution in [3.05, 3.63) is 72.0 Å². The predicted molar refractivity (Wildman–Crippen MR) is 75.9 cm³/mol. The summed E-state index contributed by atoms with van der Waals surface area (Å²) < 4.78 is 4.85. The second-order valence-electron chi connectivity index (χ2n) is 4.12. The molecule has 0 saturated carbocycles. The first kappa shape index (κ1) is 15.4. The van der Waals surface area contributed by atoms with Crippen LogP contribution < -0.4 is 0 Å². The second kappa shape index (κ2) is 7.74. The van der Waals surface area contributed by atoms with Gasteiger partial charge in [-0.3, -0.25) is 0 Å². The molecule has 0 amide bonds. The summed E-state index contributed by atoms with van der Waals surface area (Å²) in [5, 5.41) is 8.68. The van der Waals surface area contributed by atoms with E-state index in [0.29, 0.717) is 6.42 Å². The van der Waals surface area contributed by atoms with Crippen molar-refractivity contribution in [3.8, 4) is 0 Å². The number of aliphatic carboxylic acids is 1. The van der Waals surface area contributed by atoms with Crippen LogP contribution in [0.3, 0.4) is 0 Å². The van der Waals surface area contributed by atoms with E-state index >= 15 is 0 Å². The zero-order chi connectivity index (χ0) is 15.0. The highest BCUT2D eigenvalue weighted by Gasteiger charge is 2.07. The van der Waals surface area contributed by atoms with Crippen LogP contribution in [-0.4, -0.2) is 17.0 Å². The van der Waals surface area contributed by atoms with E-state index in [-0.39, 0.29) is 11.1 Å². The normalized spacial score (nSPS) is 11.3. The van der Waals surface area contributed by atoms with E-state index in [4.69, 9.17) is 9.84 Å². The average molecular weight is 272 g/mol. The highest BCUT2D eigenvalue weighted by Crippen LogP contribution is 2.04. The number of ether oxygens (including phenoxy) is 1. The molecule has 0 atom stereocenters. The number of carboxylic acid groups (broad SMARTS) is 1. The van der Waals surface area contributed by atoms with Crippen molar-refractivity contribution in [1.82, 2.24) is 0 Å². The minimum Gasteiger partial charge on any atom is -0.478 e. The molecule has 0 aliphatic carbocycles. The van der Waals surface area contributed by atoms with Gasteiger partial charge >= 0.3 is 11.9 Å². The molecule has 0 radical (unpaired) electrons. The third-order valence-electron chi connectivity index (χ3n) is 2.46. The molecule has 104 valence electrons. The Morgan fingerprint density at radius 3 is 2.55 bits per heavy atom. The maximum atomic E-state index is 11.5. The number of hydrogen-bond donors (Lipinski definition) is 1. The van der Waals surface area contributed by atoms with E-state index in [2.05, 4.69) is 6.58 Å². The monoisotopic (exact) mass is 272 g/mol. The first-order valence-electron chi connectivity index (χ1n) is 6.01. The number of allylic oxidation sites excluding steroid dienone is 1. The van der Waals surface area contributed by atoms with Gasteiger partial charge in [-0.25, -0.2) is 9.59 Å². The molecule has 0 fully saturated rings. The van der Waals surface area contributed by atoms with Gasteiger partial charge in [-0.1, -0.05) is 36.9 Å². The maximum Gasteiger partial charge on any atom is 0.342 e. The number of carbonyl (C=O) groups excluding carboxylic acids is 1. The molecular weight excluding hydrogens is 256 g/mol. The lowest BCUT2D eigenvalue weighted by molar-refractivity contribution is -0.133. The molecule has 1 rings (SSSR count). The highest BCUT2D eigenvalue weighted by molar-refractivity contribution is 5.95. The minimum absolute atomic E-state index is 0.00531. The van der Waals surface area contributed by atoms with Crippen LogP contribution in [0.5, 0.6) is 0 Å². The number of carbonyl (C=O) groups is 2. The van der Waals surface area contributed by atoms with Crippen molar-refractivity contribution >= 4 is 11.9 Å². The number of hydrogen-bond acceptors (Lipinski definition) is 3. The molecular formula is C16H16O4. The second-order valence-corrected chi connectivity index (χ2v) is 4.12. The lowest BCUT2D eigenvalue weighted by Gasteiger charge is -1.99. The molecule has 4 nitrogen and oxygen atoms in total. The minimum atomic E-state index is -1.10. The van der Waals surface area contributed by atoms with Gasteiger partial charge in [0.1, 0.15) is 0 Å². The summed E-state index contributed by atoms with van der Waals surface area (Å²) in [6.07, 6.45) is 4.80. The zero-order valence-corrected chi connectivity index (χ0v) is 11.2. The Bertz CT molecular complexity index is 553. The number of esters is 1. The van der Waals surface area contributed by atoms with Crippen LogP contribution >= 0.6 is 0 Å². The van der Waals surface area contributed by atoms with E-state index < -0.39 is 11.9 Å². The van der Waals surface area contributed by atoms with Crippen LogP contribution in [0, 0.1) is 0 Å². The van der Waals surface area contributed by atoms with Crippen LogP contribution in [0.25, 0.3) is 0 Å². The first-order chi connectivity index (χ1) is 9.50. The fourth-order valence-corrected chi connectivity index (χ4v) is 1.37. The van der Waals surface area contributed by atoms with Crippen molar-refractivity contribution < 1.29 is 19.4 Å². The van der Waals surface area contributed by atoms with Gasteiger partial charge in [-0.2, -0.15) is 0 Å². The molecule has 1 N–H and O–H groups in total. The predicted octanol–water partition coefficient (Wildman–Crippen LogP) is 2.87. The van der Waals surface area contributed by atoms with E-state index in [1.165, 1.54) is 19.3 Å². The van der Waals surface area contributed by atoms with Crippen LogP contribution in [0.4, 0.5) is 0 Å². The number of benzene rings is 1. The Morgan fingerprint density at radius 2 is 1.95 bits per heavy atom. The van der Waals surface area contributed by atoms with Gasteiger partial charge in [0, 0.05) is 5.57 Å². The lowest BCUT2D eigenvalue weighted by Crippen LogP contribution is -2.04. The maximum absolute atomic E-state index is 11.5. The molecule has 0 saturated heterocycles. The van der Waals surface area contributed by atoms with Crippen molar-refractivity contribution in [1.29, 1.82) is 0 Å². The molecule has 0 aromatic heterocycles. The summed E-state index contributed by atoms with van der Waals surface area (Å²) in [7, 11) is 0. The number of rotatable bonds is 6. The summed E-state index contributed by atoms with van der Waals surface area (Å²) in [6, 6.07) is 9.70. The topological polar surface area (TPSA) is 63.6 Å².